The zero-order valence-electron chi connectivity index (χ0n) is 17.3. The summed E-state index contributed by atoms with van der Waals surface area (Å²) in [5.41, 5.74) is 5.67. The topological polar surface area (TPSA) is 47.3 Å². The molecule has 5 heteroatoms. The maximum Gasteiger partial charge on any atom is 0.227 e. The van der Waals surface area contributed by atoms with Gasteiger partial charge in [-0.3, -0.25) is 0 Å². The van der Waals surface area contributed by atoms with Gasteiger partial charge in [0.05, 0.1) is 0 Å². The van der Waals surface area contributed by atoms with Crippen LogP contribution in [0.5, 0.6) is 5.75 Å². The first-order valence-corrected chi connectivity index (χ1v) is 10.8. The molecule has 0 saturated carbocycles. The summed E-state index contributed by atoms with van der Waals surface area (Å²) < 4.78 is 12.0. The number of rotatable bonds is 7. The Morgan fingerprint density at radius 2 is 1.62 bits per heavy atom. The Morgan fingerprint density at radius 3 is 2.47 bits per heavy atom. The average molecular weight is 441 g/mol. The summed E-state index contributed by atoms with van der Waals surface area (Å²) in [5, 5.41) is 4.19. The number of fused-ring (bicyclic) bond motifs is 1. The molecule has 1 heterocycles. The van der Waals surface area contributed by atoms with Crippen LogP contribution in [0.1, 0.15) is 11.1 Å². The van der Waals surface area contributed by atoms with Crippen LogP contribution >= 0.6 is 11.6 Å². The van der Waals surface area contributed by atoms with E-state index in [9.17, 15) is 0 Å². The molecule has 0 amide bonds. The van der Waals surface area contributed by atoms with E-state index in [0.717, 1.165) is 44.2 Å². The molecule has 0 aliphatic rings. The molecule has 5 aromatic rings. The smallest absolute Gasteiger partial charge is 0.227 e. The van der Waals surface area contributed by atoms with Crippen LogP contribution in [0.3, 0.4) is 0 Å². The van der Waals surface area contributed by atoms with Gasteiger partial charge in [0.1, 0.15) is 17.9 Å². The Bertz CT molecular complexity index is 1330. The molecule has 4 nitrogen and oxygen atoms in total. The molecular weight excluding hydrogens is 420 g/mol. The molecular formula is C27H21ClN2O2. The van der Waals surface area contributed by atoms with Crippen molar-refractivity contribution in [3.05, 3.63) is 113 Å². The van der Waals surface area contributed by atoms with Crippen molar-refractivity contribution < 1.29 is 9.15 Å². The molecule has 0 radical (unpaired) electrons. The van der Waals surface area contributed by atoms with Crippen LogP contribution in [-0.4, -0.2) is 4.98 Å². The summed E-state index contributed by atoms with van der Waals surface area (Å²) in [6, 6.07) is 31.6. The minimum absolute atomic E-state index is 0.487. The number of benzene rings is 4. The first kappa shape index (κ1) is 20.2. The SMILES string of the molecule is Clc1ccc(COc2ccccc2CNc2ccc3oc(-c4ccccc4)nc3c2)cc1. The predicted octanol–water partition coefficient (Wildman–Crippen LogP) is 7.34. The van der Waals surface area contributed by atoms with Gasteiger partial charge in [0.25, 0.3) is 0 Å². The fraction of sp³-hybridized carbons (Fsp3) is 0.0741. The minimum atomic E-state index is 0.487. The van der Waals surface area contributed by atoms with Gasteiger partial charge in [0.2, 0.25) is 5.89 Å². The number of halogens is 1. The van der Waals surface area contributed by atoms with Crippen LogP contribution in [0, 0.1) is 0 Å². The first-order valence-electron chi connectivity index (χ1n) is 10.4. The van der Waals surface area contributed by atoms with E-state index < -0.39 is 0 Å². The molecule has 0 atom stereocenters. The predicted molar refractivity (Wildman–Crippen MR) is 129 cm³/mol. The summed E-state index contributed by atoms with van der Waals surface area (Å²) in [7, 11) is 0. The highest BCUT2D eigenvalue weighted by Crippen LogP contribution is 2.27. The second kappa shape index (κ2) is 9.16. The van der Waals surface area contributed by atoms with Crippen LogP contribution < -0.4 is 10.1 Å². The molecule has 32 heavy (non-hydrogen) atoms. The fourth-order valence-corrected chi connectivity index (χ4v) is 3.60. The molecule has 0 aliphatic carbocycles. The number of oxazole rings is 1. The Labute approximate surface area is 191 Å². The van der Waals surface area contributed by atoms with E-state index in [4.69, 9.17) is 20.8 Å². The number of nitrogens with zero attached hydrogens (tertiary/aromatic N) is 1. The van der Waals surface area contributed by atoms with Crippen molar-refractivity contribution in [3.8, 4) is 17.2 Å². The Kier molecular flexibility index (Phi) is 5.77. The number of anilines is 1. The van der Waals surface area contributed by atoms with E-state index in [-0.39, 0.29) is 0 Å². The number of aromatic nitrogens is 1. The van der Waals surface area contributed by atoms with Crippen molar-refractivity contribution in [2.24, 2.45) is 0 Å². The third-order valence-corrected chi connectivity index (χ3v) is 5.42. The summed E-state index contributed by atoms with van der Waals surface area (Å²) in [5.74, 6) is 1.47. The number of para-hydroxylation sites is 1. The van der Waals surface area contributed by atoms with Crippen LogP contribution in [0.25, 0.3) is 22.6 Å². The van der Waals surface area contributed by atoms with Crippen molar-refractivity contribution in [3.63, 3.8) is 0 Å². The summed E-state index contributed by atoms with van der Waals surface area (Å²) in [6.07, 6.45) is 0. The molecule has 0 bridgehead atoms. The normalized spacial score (nSPS) is 10.9. The van der Waals surface area contributed by atoms with E-state index in [1.54, 1.807) is 0 Å². The molecule has 0 fully saturated rings. The molecule has 1 N–H and O–H groups in total. The van der Waals surface area contributed by atoms with Crippen LogP contribution in [-0.2, 0) is 13.2 Å². The van der Waals surface area contributed by atoms with Crippen LogP contribution in [0.4, 0.5) is 5.69 Å². The lowest BCUT2D eigenvalue weighted by atomic mass is 10.2. The Balaban J connectivity index is 1.28. The number of ether oxygens (including phenoxy) is 1. The lowest BCUT2D eigenvalue weighted by molar-refractivity contribution is 0.303. The highest BCUT2D eigenvalue weighted by Gasteiger charge is 2.09. The van der Waals surface area contributed by atoms with Gasteiger partial charge in [-0.2, -0.15) is 0 Å². The van der Waals surface area contributed by atoms with Crippen molar-refractivity contribution in [2.45, 2.75) is 13.2 Å². The number of hydrogen-bond donors (Lipinski definition) is 1. The molecule has 5 rings (SSSR count). The maximum absolute atomic E-state index is 6.06. The van der Waals surface area contributed by atoms with Gasteiger partial charge in [-0.1, -0.05) is 60.1 Å². The second-order valence-corrected chi connectivity index (χ2v) is 7.88. The first-order chi connectivity index (χ1) is 15.7. The van der Waals surface area contributed by atoms with Gasteiger partial charge >= 0.3 is 0 Å². The van der Waals surface area contributed by atoms with Gasteiger partial charge in [-0.15, -0.1) is 0 Å². The number of nitrogens with one attached hydrogen (secondary N) is 1. The maximum atomic E-state index is 6.06. The highest BCUT2D eigenvalue weighted by molar-refractivity contribution is 6.30. The Hall–Kier alpha value is -3.76. The third kappa shape index (κ3) is 4.61. The highest BCUT2D eigenvalue weighted by atomic mass is 35.5. The standard InChI is InChI=1S/C27H21ClN2O2/c28-22-12-10-19(11-13-22)18-31-25-9-5-4-8-21(25)17-29-23-14-15-26-24(16-23)30-27(32-26)20-6-2-1-3-7-20/h1-16,29H,17-18H2. The molecule has 1 aromatic heterocycles. The lowest BCUT2D eigenvalue weighted by Crippen LogP contribution is -2.03. The molecule has 4 aromatic carbocycles. The molecule has 0 spiro atoms. The summed E-state index contributed by atoms with van der Waals surface area (Å²) in [4.78, 5) is 4.64. The van der Waals surface area contributed by atoms with E-state index in [2.05, 4.69) is 16.4 Å². The van der Waals surface area contributed by atoms with Gasteiger partial charge in [-0.05, 0) is 54.1 Å². The fourth-order valence-electron chi connectivity index (χ4n) is 3.47. The second-order valence-electron chi connectivity index (χ2n) is 7.44. The van der Waals surface area contributed by atoms with Crippen molar-refractivity contribution in [1.82, 2.24) is 4.98 Å². The van der Waals surface area contributed by atoms with Crippen molar-refractivity contribution >= 4 is 28.4 Å². The summed E-state index contributed by atoms with van der Waals surface area (Å²) >= 11 is 5.96. The van der Waals surface area contributed by atoms with Crippen molar-refractivity contribution in [1.29, 1.82) is 0 Å². The monoisotopic (exact) mass is 440 g/mol. The minimum Gasteiger partial charge on any atom is -0.489 e. The largest absolute Gasteiger partial charge is 0.489 e. The van der Waals surface area contributed by atoms with Crippen LogP contribution in [0.15, 0.2) is 101 Å². The van der Waals surface area contributed by atoms with Gasteiger partial charge in [0.15, 0.2) is 5.58 Å². The van der Waals surface area contributed by atoms with Gasteiger partial charge in [-0.25, -0.2) is 4.98 Å². The van der Waals surface area contributed by atoms with Crippen molar-refractivity contribution in [2.75, 3.05) is 5.32 Å². The number of hydrogen-bond acceptors (Lipinski definition) is 4. The zero-order valence-corrected chi connectivity index (χ0v) is 18.0. The van der Waals surface area contributed by atoms with Gasteiger partial charge < -0.3 is 14.5 Å². The van der Waals surface area contributed by atoms with E-state index in [1.165, 1.54) is 0 Å². The summed E-state index contributed by atoms with van der Waals surface area (Å²) in [6.45, 7) is 1.12. The van der Waals surface area contributed by atoms with E-state index in [0.29, 0.717) is 19.0 Å². The Morgan fingerprint density at radius 1 is 0.844 bits per heavy atom. The zero-order chi connectivity index (χ0) is 21.8. The molecule has 0 saturated heterocycles. The lowest BCUT2D eigenvalue weighted by Gasteiger charge is -2.13. The van der Waals surface area contributed by atoms with Gasteiger partial charge in [0, 0.05) is 28.4 Å². The molecule has 158 valence electrons. The molecule has 0 unspecified atom stereocenters. The van der Waals surface area contributed by atoms with E-state index >= 15 is 0 Å². The van der Waals surface area contributed by atoms with Crippen LogP contribution in [0.2, 0.25) is 5.02 Å². The average Bonchev–Trinajstić information content (AvgIpc) is 3.27. The third-order valence-electron chi connectivity index (χ3n) is 5.17. The van der Waals surface area contributed by atoms with E-state index in [1.807, 2.05) is 91.0 Å². The molecule has 0 aliphatic heterocycles. The quantitative estimate of drug-likeness (QED) is 0.287.